The molecule has 3 N–H and O–H groups in total. The number of nitrogens with zero attached hydrogens (tertiary/aromatic N) is 1. The standard InChI is InChI=1S/C37H39N2O11P/c1-4-47-51(44,45)48-21-18-39(2,3)17-20-46-19-16-38-36(41)25-10-13-29(32(22-25)37(42)43)35-30-14-11-26(40)23-33(30)50-34-24-28(12-15-31(34)35)49-27-8-6-5-7-9-27/h5-15,22-24H,4,16-21H2,1-3H3,(H2-,38,41,42,43,44,45)/p+1. The molecule has 13 nitrogen and oxygen atoms in total. The lowest BCUT2D eigenvalue weighted by atomic mass is 9.90. The number of aromatic carboxylic acids is 1. The van der Waals surface area contributed by atoms with E-state index in [0.29, 0.717) is 63.3 Å². The van der Waals surface area contributed by atoms with E-state index in [1.54, 1.807) is 43.3 Å². The average Bonchev–Trinajstić information content (AvgIpc) is 3.08. The number of quaternary nitrogens is 1. The summed E-state index contributed by atoms with van der Waals surface area (Å²) in [5.41, 5.74) is 1.56. The SMILES string of the molecule is CCOP(=O)(O)OCC[N+](C)(C)CCOCCNC(=O)c1ccc(-c2c3ccc(=O)cc-3oc3cc(Oc4ccccc4)ccc23)c(C(=O)O)c1. The topological polar surface area (TPSA) is 171 Å². The zero-order valence-corrected chi connectivity index (χ0v) is 29.4. The molecule has 51 heavy (non-hydrogen) atoms. The molecule has 0 aromatic heterocycles. The summed E-state index contributed by atoms with van der Waals surface area (Å²) in [4.78, 5) is 47.5. The van der Waals surface area contributed by atoms with Crippen LogP contribution in [0.2, 0.25) is 0 Å². The van der Waals surface area contributed by atoms with Crippen molar-refractivity contribution < 1.29 is 51.6 Å². The van der Waals surface area contributed by atoms with Gasteiger partial charge in [0.1, 0.15) is 42.5 Å². The van der Waals surface area contributed by atoms with Crippen LogP contribution in [0.15, 0.2) is 94.1 Å². The van der Waals surface area contributed by atoms with E-state index in [4.69, 9.17) is 22.9 Å². The van der Waals surface area contributed by atoms with Gasteiger partial charge in [-0.3, -0.25) is 18.6 Å². The van der Waals surface area contributed by atoms with Crippen molar-refractivity contribution >= 4 is 30.7 Å². The number of carboxylic acids is 1. The average molecular weight is 720 g/mol. The van der Waals surface area contributed by atoms with Crippen LogP contribution in [0.5, 0.6) is 11.5 Å². The van der Waals surface area contributed by atoms with Gasteiger partial charge in [0.05, 0.1) is 39.5 Å². The van der Waals surface area contributed by atoms with Crippen LogP contribution in [0.25, 0.3) is 33.4 Å². The summed E-state index contributed by atoms with van der Waals surface area (Å²) in [6.45, 7) is 3.50. The Kier molecular flexibility index (Phi) is 12.0. The highest BCUT2D eigenvalue weighted by molar-refractivity contribution is 7.47. The largest absolute Gasteiger partial charge is 0.478 e. The fraction of sp³-hybridized carbons (Fsp3) is 0.270. The molecule has 3 aromatic rings. The van der Waals surface area contributed by atoms with Crippen molar-refractivity contribution in [3.63, 3.8) is 0 Å². The number of benzene rings is 4. The van der Waals surface area contributed by atoms with Crippen molar-refractivity contribution in [2.75, 3.05) is 60.2 Å². The van der Waals surface area contributed by atoms with Crippen molar-refractivity contribution in [2.24, 2.45) is 0 Å². The highest BCUT2D eigenvalue weighted by Crippen LogP contribution is 2.43. The number of rotatable bonds is 17. The summed E-state index contributed by atoms with van der Waals surface area (Å²) in [5, 5.41) is 13.6. The van der Waals surface area contributed by atoms with Gasteiger partial charge in [0.15, 0.2) is 5.43 Å². The maximum absolute atomic E-state index is 13.1. The minimum Gasteiger partial charge on any atom is -0.478 e. The first-order valence-electron chi connectivity index (χ1n) is 16.3. The van der Waals surface area contributed by atoms with Crippen molar-refractivity contribution in [3.05, 3.63) is 106 Å². The van der Waals surface area contributed by atoms with Gasteiger partial charge in [-0.15, -0.1) is 0 Å². The van der Waals surface area contributed by atoms with Crippen LogP contribution >= 0.6 is 7.82 Å². The first kappa shape index (κ1) is 37.4. The van der Waals surface area contributed by atoms with Gasteiger partial charge in [-0.05, 0) is 61.0 Å². The third-order valence-electron chi connectivity index (χ3n) is 8.04. The molecular weight excluding hydrogens is 679 g/mol. The molecule has 1 aliphatic heterocycles. The molecule has 0 bridgehead atoms. The summed E-state index contributed by atoms with van der Waals surface area (Å²) >= 11 is 0. The Labute approximate surface area is 294 Å². The van der Waals surface area contributed by atoms with E-state index in [2.05, 4.69) is 5.32 Å². The lowest BCUT2D eigenvalue weighted by Crippen LogP contribution is -2.44. The molecule has 5 rings (SSSR count). The Hall–Kier alpha value is -4.88. The molecule has 0 spiro atoms. The molecule has 1 aliphatic carbocycles. The van der Waals surface area contributed by atoms with Gasteiger partial charge in [-0.1, -0.05) is 24.3 Å². The van der Waals surface area contributed by atoms with E-state index >= 15 is 0 Å². The summed E-state index contributed by atoms with van der Waals surface area (Å²) < 4.78 is 39.6. The molecule has 268 valence electrons. The number of carbonyl (C=O) groups is 2. The van der Waals surface area contributed by atoms with Gasteiger partial charge in [0.2, 0.25) is 0 Å². The third-order valence-corrected chi connectivity index (χ3v) is 9.13. The van der Waals surface area contributed by atoms with Crippen LogP contribution in [-0.4, -0.2) is 86.5 Å². The number of hydrogen-bond acceptors (Lipinski definition) is 9. The number of para-hydroxylation sites is 1. The Bertz CT molecular complexity index is 2080. The fourth-order valence-electron chi connectivity index (χ4n) is 5.38. The third kappa shape index (κ3) is 9.89. The zero-order valence-electron chi connectivity index (χ0n) is 28.5. The Morgan fingerprint density at radius 2 is 1.61 bits per heavy atom. The van der Waals surface area contributed by atoms with E-state index in [1.165, 1.54) is 18.2 Å². The Balaban J connectivity index is 1.28. The van der Waals surface area contributed by atoms with Gasteiger partial charge in [0.25, 0.3) is 5.91 Å². The van der Waals surface area contributed by atoms with Crippen molar-refractivity contribution in [1.82, 2.24) is 5.32 Å². The van der Waals surface area contributed by atoms with E-state index in [0.717, 1.165) is 0 Å². The van der Waals surface area contributed by atoms with Crippen LogP contribution in [0, 0.1) is 0 Å². The molecule has 0 fully saturated rings. The summed E-state index contributed by atoms with van der Waals surface area (Å²) in [6, 6.07) is 23.2. The normalized spacial score (nSPS) is 12.9. The number of ether oxygens (including phenoxy) is 2. The van der Waals surface area contributed by atoms with Crippen molar-refractivity contribution in [1.29, 1.82) is 0 Å². The quantitative estimate of drug-likeness (QED) is 0.0444. The molecule has 1 atom stereocenters. The second-order valence-corrected chi connectivity index (χ2v) is 13.7. The minimum atomic E-state index is -4.05. The van der Waals surface area contributed by atoms with Crippen molar-refractivity contribution in [3.8, 4) is 33.9 Å². The number of carboxylic acid groups (broad SMARTS) is 1. The second kappa shape index (κ2) is 16.4. The van der Waals surface area contributed by atoms with Crippen LogP contribution in [0.4, 0.5) is 0 Å². The Morgan fingerprint density at radius 3 is 2.35 bits per heavy atom. The van der Waals surface area contributed by atoms with Crippen molar-refractivity contribution in [2.45, 2.75) is 6.92 Å². The van der Waals surface area contributed by atoms with Crippen LogP contribution in [0.1, 0.15) is 27.6 Å². The number of hydrogen-bond donors (Lipinski definition) is 3. The molecule has 0 saturated carbocycles. The molecule has 3 aromatic carbocycles. The summed E-state index contributed by atoms with van der Waals surface area (Å²) in [5.74, 6) is -0.329. The van der Waals surface area contributed by atoms with E-state index in [9.17, 15) is 28.9 Å². The number of likely N-dealkylation sites (N-methyl/N-ethyl adjacent to an activating group) is 1. The maximum Gasteiger partial charge on any atom is 0.472 e. The van der Waals surface area contributed by atoms with Gasteiger partial charge >= 0.3 is 13.8 Å². The molecule has 1 amide bonds. The first-order chi connectivity index (χ1) is 24.4. The molecule has 14 heteroatoms. The second-order valence-electron chi connectivity index (χ2n) is 12.2. The lowest BCUT2D eigenvalue weighted by molar-refractivity contribution is -0.890. The molecular formula is C37H40N2O11P+. The van der Waals surface area contributed by atoms with Gasteiger partial charge in [-0.25, -0.2) is 9.36 Å². The predicted molar refractivity (Wildman–Crippen MR) is 190 cm³/mol. The molecule has 1 heterocycles. The van der Waals surface area contributed by atoms with Crippen LogP contribution in [-0.2, 0) is 18.3 Å². The highest BCUT2D eigenvalue weighted by Gasteiger charge is 2.25. The molecule has 1 unspecified atom stereocenters. The number of carbonyl (C=O) groups excluding carboxylic acids is 1. The number of nitrogens with one attached hydrogen (secondary N) is 1. The number of phosphoric acid groups is 1. The van der Waals surface area contributed by atoms with E-state index < -0.39 is 19.7 Å². The summed E-state index contributed by atoms with van der Waals surface area (Å²) in [6.07, 6.45) is 0. The van der Waals surface area contributed by atoms with E-state index in [-0.39, 0.29) is 48.7 Å². The minimum absolute atomic E-state index is 0.0335. The zero-order chi connectivity index (χ0) is 36.6. The lowest BCUT2D eigenvalue weighted by Gasteiger charge is -2.29. The first-order valence-corrected chi connectivity index (χ1v) is 17.8. The fourth-order valence-corrected chi connectivity index (χ4v) is 6.09. The summed E-state index contributed by atoms with van der Waals surface area (Å²) in [7, 11) is -0.195. The van der Waals surface area contributed by atoms with Gasteiger partial charge < -0.3 is 33.7 Å². The maximum atomic E-state index is 13.1. The Morgan fingerprint density at radius 1 is 0.863 bits per heavy atom. The number of phosphoric ester groups is 1. The predicted octanol–water partition coefficient (Wildman–Crippen LogP) is 6.03. The van der Waals surface area contributed by atoms with Gasteiger partial charge in [0, 0.05) is 40.8 Å². The molecule has 0 radical (unpaired) electrons. The smallest absolute Gasteiger partial charge is 0.472 e. The number of amides is 1. The monoisotopic (exact) mass is 719 g/mol. The van der Waals surface area contributed by atoms with Crippen LogP contribution < -0.4 is 15.5 Å². The van der Waals surface area contributed by atoms with Gasteiger partial charge in [-0.2, -0.15) is 0 Å². The van der Waals surface area contributed by atoms with Crippen LogP contribution in [0.3, 0.4) is 0 Å². The highest BCUT2D eigenvalue weighted by atomic mass is 31.2. The molecule has 0 saturated heterocycles. The van der Waals surface area contributed by atoms with E-state index in [1.807, 2.05) is 44.4 Å². The molecule has 2 aliphatic rings. The number of fused-ring (bicyclic) bond motifs is 2.